The first-order valence-electron chi connectivity index (χ1n) is 5.88. The second-order valence-electron chi connectivity index (χ2n) is 4.55. The van der Waals surface area contributed by atoms with Crippen molar-refractivity contribution in [1.29, 1.82) is 0 Å². The second kappa shape index (κ2) is 7.95. The predicted octanol–water partition coefficient (Wildman–Crippen LogP) is -0.679. The highest BCUT2D eigenvalue weighted by Crippen LogP contribution is 2.09. The summed E-state index contributed by atoms with van der Waals surface area (Å²) in [5.41, 5.74) is 0. The lowest BCUT2D eigenvalue weighted by Crippen LogP contribution is -2.41. The van der Waals surface area contributed by atoms with Gasteiger partial charge in [-0.05, 0) is 12.3 Å². The average molecular weight is 295 g/mol. The number of nitrogens with one attached hydrogen (secondary N) is 2. The summed E-state index contributed by atoms with van der Waals surface area (Å²) in [5.74, 6) is -1.93. The molecule has 0 saturated carbocycles. The molecule has 0 rings (SSSR count). The molecule has 0 spiro atoms. The third kappa shape index (κ3) is 9.25. The fourth-order valence-electron chi connectivity index (χ4n) is 1.35. The monoisotopic (exact) mass is 295 g/mol. The Morgan fingerprint density at radius 3 is 2.26 bits per heavy atom. The Morgan fingerprint density at radius 2 is 1.84 bits per heavy atom. The quantitative estimate of drug-likeness (QED) is 0.439. The van der Waals surface area contributed by atoms with E-state index in [-0.39, 0.29) is 31.2 Å². The molecule has 19 heavy (non-hydrogen) atoms. The lowest BCUT2D eigenvalue weighted by Gasteiger charge is -2.16. The lowest BCUT2D eigenvalue weighted by atomic mass is 9.96. The normalized spacial score (nSPS) is 13.1. The Hall–Kier alpha value is -1.35. The molecule has 0 aromatic carbocycles. The molecule has 112 valence electrons. The van der Waals surface area contributed by atoms with E-state index in [1.807, 2.05) is 0 Å². The summed E-state index contributed by atoms with van der Waals surface area (Å²) in [4.78, 5) is 22.2. The molecule has 0 aliphatic rings. The molecule has 8 nitrogen and oxygen atoms in total. The first-order chi connectivity index (χ1) is 8.63. The van der Waals surface area contributed by atoms with Crippen LogP contribution in [-0.4, -0.2) is 44.4 Å². The molecule has 1 unspecified atom stereocenters. The van der Waals surface area contributed by atoms with Crippen molar-refractivity contribution in [3.8, 4) is 0 Å². The van der Waals surface area contributed by atoms with Crippen LogP contribution in [0.25, 0.3) is 0 Å². The molecule has 0 aromatic rings. The van der Waals surface area contributed by atoms with E-state index in [1.165, 1.54) is 0 Å². The maximum absolute atomic E-state index is 11.3. The van der Waals surface area contributed by atoms with Crippen LogP contribution in [0.3, 0.4) is 0 Å². The van der Waals surface area contributed by atoms with Crippen LogP contribution in [0.1, 0.15) is 20.3 Å². The first-order valence-corrected chi connectivity index (χ1v) is 7.60. The molecule has 0 aliphatic carbocycles. The van der Waals surface area contributed by atoms with Crippen molar-refractivity contribution in [2.75, 3.05) is 18.8 Å². The third-order valence-corrected chi connectivity index (χ3v) is 3.35. The molecule has 0 aliphatic heterocycles. The summed E-state index contributed by atoms with van der Waals surface area (Å²) in [6.07, 6.45) is 0.207. The van der Waals surface area contributed by atoms with E-state index in [9.17, 15) is 18.0 Å². The van der Waals surface area contributed by atoms with Gasteiger partial charge in [0.2, 0.25) is 10.0 Å². The number of hydrogen-bond acceptors (Lipinski definition) is 4. The zero-order chi connectivity index (χ0) is 15.1. The molecule has 0 heterocycles. The molecule has 0 fully saturated rings. The van der Waals surface area contributed by atoms with Gasteiger partial charge in [0.25, 0.3) is 0 Å². The zero-order valence-corrected chi connectivity index (χ0v) is 11.9. The number of carboxylic acids is 1. The summed E-state index contributed by atoms with van der Waals surface area (Å²) in [6, 6.07) is -0.527. The van der Waals surface area contributed by atoms with Crippen molar-refractivity contribution in [1.82, 2.24) is 10.6 Å². The van der Waals surface area contributed by atoms with Crippen LogP contribution in [0.2, 0.25) is 0 Å². The Labute approximate surface area is 112 Å². The Morgan fingerprint density at radius 1 is 1.26 bits per heavy atom. The van der Waals surface area contributed by atoms with Gasteiger partial charge in [-0.2, -0.15) is 0 Å². The second-order valence-corrected chi connectivity index (χ2v) is 6.28. The molecule has 0 radical (unpaired) electrons. The van der Waals surface area contributed by atoms with Crippen LogP contribution >= 0.6 is 0 Å². The highest BCUT2D eigenvalue weighted by molar-refractivity contribution is 7.89. The van der Waals surface area contributed by atoms with Gasteiger partial charge in [0, 0.05) is 13.1 Å². The minimum absolute atomic E-state index is 0.0218. The third-order valence-electron chi connectivity index (χ3n) is 2.50. The smallest absolute Gasteiger partial charge is 0.314 e. The van der Waals surface area contributed by atoms with Crippen LogP contribution in [0, 0.1) is 11.8 Å². The van der Waals surface area contributed by atoms with Crippen molar-refractivity contribution in [3.05, 3.63) is 0 Å². The van der Waals surface area contributed by atoms with Gasteiger partial charge in [0.15, 0.2) is 0 Å². The summed E-state index contributed by atoms with van der Waals surface area (Å²) in [6.45, 7) is 3.69. The van der Waals surface area contributed by atoms with Crippen molar-refractivity contribution in [2.24, 2.45) is 17.0 Å². The highest BCUT2D eigenvalue weighted by atomic mass is 32.2. The molecule has 0 bridgehead atoms. The molecular weight excluding hydrogens is 274 g/mol. The van der Waals surface area contributed by atoms with E-state index in [4.69, 9.17) is 10.2 Å². The molecule has 2 amide bonds. The minimum Gasteiger partial charge on any atom is -0.481 e. The number of nitrogens with two attached hydrogens (primary N) is 1. The number of primary sulfonamides is 1. The summed E-state index contributed by atoms with van der Waals surface area (Å²) < 4.78 is 21.3. The van der Waals surface area contributed by atoms with E-state index in [1.54, 1.807) is 13.8 Å². The van der Waals surface area contributed by atoms with Crippen molar-refractivity contribution in [2.45, 2.75) is 20.3 Å². The highest BCUT2D eigenvalue weighted by Gasteiger charge is 2.21. The number of hydrogen-bond donors (Lipinski definition) is 4. The molecular formula is C10H21N3O5S. The largest absolute Gasteiger partial charge is 0.481 e. The van der Waals surface area contributed by atoms with Gasteiger partial charge in [-0.1, -0.05) is 13.8 Å². The molecule has 0 aromatic heterocycles. The first kappa shape index (κ1) is 17.6. The number of amides is 2. The summed E-state index contributed by atoms with van der Waals surface area (Å²) in [5, 5.41) is 18.6. The molecule has 5 N–H and O–H groups in total. The van der Waals surface area contributed by atoms with Gasteiger partial charge in [0.05, 0.1) is 11.7 Å². The van der Waals surface area contributed by atoms with Gasteiger partial charge < -0.3 is 15.7 Å². The fourth-order valence-corrected chi connectivity index (χ4v) is 1.90. The number of rotatable bonds is 8. The Balaban J connectivity index is 3.90. The van der Waals surface area contributed by atoms with Gasteiger partial charge in [-0.25, -0.2) is 18.4 Å². The topological polar surface area (TPSA) is 139 Å². The Kier molecular flexibility index (Phi) is 7.38. The number of urea groups is 1. The molecule has 9 heteroatoms. The van der Waals surface area contributed by atoms with Crippen LogP contribution < -0.4 is 15.8 Å². The van der Waals surface area contributed by atoms with Gasteiger partial charge in [-0.3, -0.25) is 4.79 Å². The Bertz CT molecular complexity index is 407. The molecule has 0 saturated heterocycles. The maximum Gasteiger partial charge on any atom is 0.314 e. The van der Waals surface area contributed by atoms with E-state index in [0.717, 1.165) is 0 Å². The van der Waals surface area contributed by atoms with Crippen molar-refractivity contribution < 1.29 is 23.1 Å². The number of carboxylic acid groups (broad SMARTS) is 1. The number of carbonyl (C=O) groups is 2. The number of carbonyl (C=O) groups excluding carboxylic acids is 1. The van der Waals surface area contributed by atoms with E-state index >= 15 is 0 Å². The number of aliphatic carboxylic acids is 1. The van der Waals surface area contributed by atoms with E-state index in [2.05, 4.69) is 10.6 Å². The lowest BCUT2D eigenvalue weighted by molar-refractivity contribution is -0.142. The van der Waals surface area contributed by atoms with E-state index in [0.29, 0.717) is 0 Å². The van der Waals surface area contributed by atoms with Gasteiger partial charge in [-0.15, -0.1) is 0 Å². The maximum atomic E-state index is 11.3. The van der Waals surface area contributed by atoms with Crippen LogP contribution in [0.5, 0.6) is 0 Å². The average Bonchev–Trinajstić information content (AvgIpc) is 2.22. The number of sulfonamides is 1. The van der Waals surface area contributed by atoms with Crippen LogP contribution in [0.4, 0.5) is 4.79 Å². The molecule has 1 atom stereocenters. The van der Waals surface area contributed by atoms with Crippen molar-refractivity contribution >= 4 is 22.0 Å². The van der Waals surface area contributed by atoms with Crippen LogP contribution in [-0.2, 0) is 14.8 Å². The van der Waals surface area contributed by atoms with Gasteiger partial charge in [0.1, 0.15) is 0 Å². The van der Waals surface area contributed by atoms with Crippen molar-refractivity contribution in [3.63, 3.8) is 0 Å². The van der Waals surface area contributed by atoms with Gasteiger partial charge >= 0.3 is 12.0 Å². The zero-order valence-electron chi connectivity index (χ0n) is 11.0. The van der Waals surface area contributed by atoms with Crippen LogP contribution in [0.15, 0.2) is 0 Å². The SMILES string of the molecule is CC(C)C(CNC(=O)NCCCS(N)(=O)=O)C(=O)O. The summed E-state index contributed by atoms with van der Waals surface area (Å²) >= 11 is 0. The standard InChI is InChI=1S/C10H21N3O5S/c1-7(2)8(9(14)15)6-13-10(16)12-4-3-5-19(11,17)18/h7-8H,3-6H2,1-2H3,(H,14,15)(H2,11,17,18)(H2,12,13,16). The predicted molar refractivity (Wildman–Crippen MR) is 70.0 cm³/mol. The fraction of sp³-hybridized carbons (Fsp3) is 0.800. The minimum atomic E-state index is -3.52. The van der Waals surface area contributed by atoms with E-state index < -0.39 is 27.9 Å². The summed E-state index contributed by atoms with van der Waals surface area (Å²) in [7, 11) is -3.52.